The molecule has 19 heavy (non-hydrogen) atoms. The van der Waals surface area contributed by atoms with Gasteiger partial charge in [-0.25, -0.2) is 8.78 Å². The molecule has 0 radical (unpaired) electrons. The maximum absolute atomic E-state index is 13.6. The van der Waals surface area contributed by atoms with E-state index in [2.05, 4.69) is 6.92 Å². The maximum Gasteiger partial charge on any atom is 0.129 e. The van der Waals surface area contributed by atoms with Crippen LogP contribution in [0.1, 0.15) is 63.0 Å². The second-order valence-electron chi connectivity index (χ2n) is 5.42. The quantitative estimate of drug-likeness (QED) is 0.582. The first kappa shape index (κ1) is 14.2. The van der Waals surface area contributed by atoms with Gasteiger partial charge >= 0.3 is 0 Å². The van der Waals surface area contributed by atoms with Crippen molar-refractivity contribution in [1.82, 2.24) is 0 Å². The van der Waals surface area contributed by atoms with Crippen molar-refractivity contribution in [3.05, 3.63) is 40.5 Å². The average molecular weight is 264 g/mol. The summed E-state index contributed by atoms with van der Waals surface area (Å²) in [6.45, 7) is 2.21. The van der Waals surface area contributed by atoms with Crippen molar-refractivity contribution >= 4 is 6.08 Å². The number of hydrogen-bond donors (Lipinski definition) is 0. The molecule has 0 fully saturated rings. The molecule has 1 aromatic rings. The molecule has 0 nitrogen and oxygen atoms in total. The Kier molecular flexibility index (Phi) is 5.12. The molecule has 0 aliphatic heterocycles. The molecule has 1 aromatic carbocycles. The highest BCUT2D eigenvalue weighted by Gasteiger charge is 2.15. The number of hydrogen-bond acceptors (Lipinski definition) is 0. The van der Waals surface area contributed by atoms with Gasteiger partial charge in [0, 0.05) is 6.07 Å². The summed E-state index contributed by atoms with van der Waals surface area (Å²) in [4.78, 5) is 0. The van der Waals surface area contributed by atoms with Crippen molar-refractivity contribution in [3.8, 4) is 0 Å². The Morgan fingerprint density at radius 1 is 1.00 bits per heavy atom. The van der Waals surface area contributed by atoms with E-state index in [9.17, 15) is 8.78 Å². The van der Waals surface area contributed by atoms with Crippen LogP contribution in [0.5, 0.6) is 0 Å². The summed E-state index contributed by atoms with van der Waals surface area (Å²) >= 11 is 0. The van der Waals surface area contributed by atoms with Crippen LogP contribution in [0.4, 0.5) is 8.78 Å². The molecule has 0 saturated carbocycles. The molecule has 0 atom stereocenters. The molecule has 1 aliphatic carbocycles. The van der Waals surface area contributed by atoms with E-state index >= 15 is 0 Å². The summed E-state index contributed by atoms with van der Waals surface area (Å²) in [5.74, 6) is -0.870. The van der Waals surface area contributed by atoms with Crippen LogP contribution in [-0.4, -0.2) is 0 Å². The number of rotatable bonds is 6. The molecule has 104 valence electrons. The maximum atomic E-state index is 13.6. The first-order chi connectivity index (χ1) is 9.20. The molecular weight excluding hydrogens is 242 g/mol. The van der Waals surface area contributed by atoms with Gasteiger partial charge in [0.25, 0.3) is 0 Å². The first-order valence-corrected chi connectivity index (χ1v) is 7.38. The van der Waals surface area contributed by atoms with Crippen molar-refractivity contribution < 1.29 is 8.78 Å². The number of fused-ring (bicyclic) bond motifs is 1. The summed E-state index contributed by atoms with van der Waals surface area (Å²) in [5, 5.41) is 0. The Hall–Kier alpha value is -1.18. The minimum Gasteiger partial charge on any atom is -0.207 e. The topological polar surface area (TPSA) is 0 Å². The van der Waals surface area contributed by atoms with Gasteiger partial charge in [0.2, 0.25) is 0 Å². The molecule has 2 rings (SSSR count). The van der Waals surface area contributed by atoms with Gasteiger partial charge in [-0.2, -0.15) is 0 Å². The minimum atomic E-state index is -0.475. The van der Waals surface area contributed by atoms with Gasteiger partial charge in [0.05, 0.1) is 0 Å². The fourth-order valence-electron chi connectivity index (χ4n) is 2.75. The Balaban J connectivity index is 1.95. The molecule has 0 unspecified atom stereocenters. The largest absolute Gasteiger partial charge is 0.207 e. The van der Waals surface area contributed by atoms with Crippen LogP contribution in [0.15, 0.2) is 17.7 Å². The van der Waals surface area contributed by atoms with Crippen LogP contribution in [0.3, 0.4) is 0 Å². The zero-order chi connectivity index (χ0) is 13.7. The van der Waals surface area contributed by atoms with Crippen molar-refractivity contribution in [2.75, 3.05) is 0 Å². The van der Waals surface area contributed by atoms with E-state index in [1.807, 2.05) is 6.08 Å². The van der Waals surface area contributed by atoms with Crippen molar-refractivity contribution in [2.24, 2.45) is 0 Å². The van der Waals surface area contributed by atoms with E-state index in [0.717, 1.165) is 24.5 Å². The lowest BCUT2D eigenvalue weighted by Gasteiger charge is -2.17. The highest BCUT2D eigenvalue weighted by atomic mass is 19.1. The molecule has 2 heteroatoms. The third kappa shape index (κ3) is 3.89. The molecule has 0 amide bonds. The van der Waals surface area contributed by atoms with E-state index in [-0.39, 0.29) is 0 Å². The molecule has 0 bridgehead atoms. The second-order valence-corrected chi connectivity index (χ2v) is 5.42. The summed E-state index contributed by atoms with van der Waals surface area (Å²) in [5.41, 5.74) is 2.76. The highest BCUT2D eigenvalue weighted by molar-refractivity contribution is 5.59. The zero-order valence-corrected chi connectivity index (χ0v) is 11.6. The lowest BCUT2D eigenvalue weighted by molar-refractivity contribution is 0.567. The Labute approximate surface area is 114 Å². The molecule has 0 spiro atoms. The molecule has 0 saturated heterocycles. The SMILES string of the molecule is CCCCCCCC1=Cc2cc(F)cc(F)c2CC1. The van der Waals surface area contributed by atoms with E-state index in [0.29, 0.717) is 12.0 Å². The van der Waals surface area contributed by atoms with Crippen LogP contribution in [0.2, 0.25) is 0 Å². The van der Waals surface area contributed by atoms with Gasteiger partial charge in [0.15, 0.2) is 0 Å². The van der Waals surface area contributed by atoms with Crippen LogP contribution in [0, 0.1) is 11.6 Å². The second kappa shape index (κ2) is 6.83. The Bertz CT molecular complexity index is 461. The lowest BCUT2D eigenvalue weighted by Crippen LogP contribution is -2.03. The summed E-state index contributed by atoms with van der Waals surface area (Å²) in [7, 11) is 0. The molecule has 0 N–H and O–H groups in total. The summed E-state index contributed by atoms with van der Waals surface area (Å²) in [6.07, 6.45) is 11.0. The van der Waals surface area contributed by atoms with Gasteiger partial charge in [-0.3, -0.25) is 0 Å². The highest BCUT2D eigenvalue weighted by Crippen LogP contribution is 2.29. The smallest absolute Gasteiger partial charge is 0.129 e. The third-order valence-corrected chi connectivity index (χ3v) is 3.85. The van der Waals surface area contributed by atoms with Crippen molar-refractivity contribution in [1.29, 1.82) is 0 Å². The standard InChI is InChI=1S/C17H22F2/c1-2-3-4-5-6-7-13-8-9-16-14(10-13)11-15(18)12-17(16)19/h10-12H,2-9H2,1H3. The fourth-order valence-corrected chi connectivity index (χ4v) is 2.75. The fraction of sp³-hybridized carbons (Fsp3) is 0.529. The third-order valence-electron chi connectivity index (χ3n) is 3.85. The summed E-state index contributed by atoms with van der Waals surface area (Å²) in [6, 6.07) is 2.44. The number of unbranched alkanes of at least 4 members (excludes halogenated alkanes) is 4. The van der Waals surface area contributed by atoms with E-state index in [1.54, 1.807) is 0 Å². The van der Waals surface area contributed by atoms with Crippen LogP contribution in [-0.2, 0) is 6.42 Å². The number of halogens is 2. The lowest BCUT2D eigenvalue weighted by atomic mass is 9.89. The predicted molar refractivity (Wildman–Crippen MR) is 76.0 cm³/mol. The van der Waals surface area contributed by atoms with E-state index < -0.39 is 11.6 Å². The zero-order valence-electron chi connectivity index (χ0n) is 11.6. The van der Waals surface area contributed by atoms with Gasteiger partial charge in [0.1, 0.15) is 11.6 Å². The number of benzene rings is 1. The van der Waals surface area contributed by atoms with Crippen LogP contribution < -0.4 is 0 Å². The van der Waals surface area contributed by atoms with Crippen LogP contribution in [0.25, 0.3) is 6.08 Å². The van der Waals surface area contributed by atoms with Crippen molar-refractivity contribution in [3.63, 3.8) is 0 Å². The van der Waals surface area contributed by atoms with E-state index in [4.69, 9.17) is 0 Å². The van der Waals surface area contributed by atoms with Gasteiger partial charge in [-0.1, -0.05) is 44.3 Å². The Morgan fingerprint density at radius 2 is 1.79 bits per heavy atom. The first-order valence-electron chi connectivity index (χ1n) is 7.38. The number of allylic oxidation sites excluding steroid dienone is 1. The normalized spacial score (nSPS) is 14.2. The van der Waals surface area contributed by atoms with Gasteiger partial charge in [-0.15, -0.1) is 0 Å². The van der Waals surface area contributed by atoms with Gasteiger partial charge < -0.3 is 0 Å². The van der Waals surface area contributed by atoms with Crippen LogP contribution >= 0.6 is 0 Å². The minimum absolute atomic E-state index is 0.395. The van der Waals surface area contributed by atoms with E-state index in [1.165, 1.54) is 43.7 Å². The predicted octanol–water partition coefficient (Wildman–Crippen LogP) is 5.65. The molecular formula is C17H22F2. The molecule has 1 aliphatic rings. The monoisotopic (exact) mass is 264 g/mol. The van der Waals surface area contributed by atoms with Gasteiger partial charge in [-0.05, 0) is 42.9 Å². The molecule has 0 heterocycles. The average Bonchev–Trinajstić information content (AvgIpc) is 2.38. The molecule has 0 aromatic heterocycles. The summed E-state index contributed by atoms with van der Waals surface area (Å²) < 4.78 is 26.8. The van der Waals surface area contributed by atoms with Crippen molar-refractivity contribution in [2.45, 2.75) is 58.3 Å². The Morgan fingerprint density at radius 3 is 2.58 bits per heavy atom.